The van der Waals surface area contributed by atoms with Crippen molar-refractivity contribution < 1.29 is 23.2 Å². The van der Waals surface area contributed by atoms with E-state index in [1.165, 1.54) is 12.1 Å². The zero-order chi connectivity index (χ0) is 27.3. The van der Waals surface area contributed by atoms with Gasteiger partial charge in [-0.05, 0) is 66.2 Å². The molecule has 0 N–H and O–H groups in total. The standard InChI is InChI=1S/C29H28FN3O4S/c1-29(2,21-7-14-25(35-3)26(17-21)36-4)27-19-32-28(33(27)23-10-8-22(30)9-11-23)38(34)16-15-37-24-12-5-20(18-31)6-13-24/h5-14,17,19H,15-16H2,1-4H3. The summed E-state index contributed by atoms with van der Waals surface area (Å²) in [6.45, 7) is 4.25. The fraction of sp³-hybridized carbons (Fsp3) is 0.241. The third-order valence-corrected chi connectivity index (χ3v) is 7.52. The molecule has 4 rings (SSSR count). The number of methoxy groups -OCH3 is 2. The van der Waals surface area contributed by atoms with Gasteiger partial charge in [0.15, 0.2) is 11.5 Å². The van der Waals surface area contributed by atoms with E-state index in [-0.39, 0.29) is 18.2 Å². The van der Waals surface area contributed by atoms with Crippen molar-refractivity contribution in [3.63, 3.8) is 0 Å². The summed E-state index contributed by atoms with van der Waals surface area (Å²) in [6.07, 6.45) is 1.70. The quantitative estimate of drug-likeness (QED) is 0.253. The zero-order valence-corrected chi connectivity index (χ0v) is 22.4. The van der Waals surface area contributed by atoms with Gasteiger partial charge in [-0.15, -0.1) is 0 Å². The number of hydrogen-bond acceptors (Lipinski definition) is 6. The lowest BCUT2D eigenvalue weighted by atomic mass is 9.81. The molecule has 0 aliphatic heterocycles. The van der Waals surface area contributed by atoms with Crippen molar-refractivity contribution >= 4 is 11.2 Å². The lowest BCUT2D eigenvalue weighted by Gasteiger charge is -2.28. The predicted octanol–water partition coefficient (Wildman–Crippen LogP) is 5.41. The number of hydrogen-bond donors (Lipinski definition) is 0. The minimum atomic E-state index is -1.53. The van der Waals surface area contributed by atoms with E-state index in [1.807, 2.05) is 36.6 Å². The van der Waals surface area contributed by atoms with Gasteiger partial charge in [-0.25, -0.2) is 4.39 Å². The summed E-state index contributed by atoms with van der Waals surface area (Å²) in [5, 5.41) is 9.28. The molecule has 1 heterocycles. The number of ether oxygens (including phenoxy) is 3. The summed E-state index contributed by atoms with van der Waals surface area (Å²) in [7, 11) is 3.16. The molecule has 0 aliphatic rings. The summed E-state index contributed by atoms with van der Waals surface area (Å²) in [6, 6.07) is 20.5. The van der Waals surface area contributed by atoms with Crippen LogP contribution in [0, 0.1) is 17.1 Å². The largest absolute Gasteiger partial charge is 0.609 e. The lowest BCUT2D eigenvalue weighted by molar-refractivity contribution is 0.340. The van der Waals surface area contributed by atoms with E-state index in [0.29, 0.717) is 33.7 Å². The average Bonchev–Trinajstić information content (AvgIpc) is 3.39. The molecule has 1 unspecified atom stereocenters. The van der Waals surface area contributed by atoms with E-state index in [0.717, 1.165) is 11.3 Å². The highest BCUT2D eigenvalue weighted by Gasteiger charge is 2.33. The molecule has 38 heavy (non-hydrogen) atoms. The smallest absolute Gasteiger partial charge is 0.328 e. The molecule has 0 spiro atoms. The number of nitriles is 1. The van der Waals surface area contributed by atoms with Crippen molar-refractivity contribution in [3.05, 3.63) is 95.6 Å². The van der Waals surface area contributed by atoms with E-state index in [1.54, 1.807) is 56.8 Å². The van der Waals surface area contributed by atoms with Crippen molar-refractivity contribution in [1.82, 2.24) is 9.55 Å². The normalized spacial score (nSPS) is 12.0. The second-order valence-corrected chi connectivity index (χ2v) is 10.4. The van der Waals surface area contributed by atoms with Gasteiger partial charge in [0.25, 0.3) is 0 Å². The number of aromatic nitrogens is 2. The molecule has 9 heteroatoms. The van der Waals surface area contributed by atoms with Crippen LogP contribution in [0.4, 0.5) is 4.39 Å². The van der Waals surface area contributed by atoms with Crippen LogP contribution in [0.1, 0.15) is 30.7 Å². The highest BCUT2D eigenvalue weighted by atomic mass is 32.2. The molecule has 0 amide bonds. The first-order valence-corrected chi connectivity index (χ1v) is 13.2. The van der Waals surface area contributed by atoms with Crippen LogP contribution in [0.15, 0.2) is 78.1 Å². The van der Waals surface area contributed by atoms with Crippen LogP contribution < -0.4 is 14.2 Å². The van der Waals surface area contributed by atoms with E-state index in [9.17, 15) is 8.94 Å². The van der Waals surface area contributed by atoms with Gasteiger partial charge in [0.05, 0.1) is 43.4 Å². The molecule has 196 valence electrons. The second kappa shape index (κ2) is 11.6. The first-order chi connectivity index (χ1) is 18.3. The average molecular weight is 534 g/mol. The molecule has 7 nitrogen and oxygen atoms in total. The molecule has 4 aromatic rings. The monoisotopic (exact) mass is 533 g/mol. The number of imidazole rings is 1. The first-order valence-electron chi connectivity index (χ1n) is 11.9. The molecular formula is C29H28FN3O4S. The molecule has 0 aliphatic carbocycles. The van der Waals surface area contributed by atoms with Crippen LogP contribution >= 0.6 is 0 Å². The van der Waals surface area contributed by atoms with Crippen molar-refractivity contribution in [2.45, 2.75) is 24.4 Å². The fourth-order valence-corrected chi connectivity index (χ4v) is 5.10. The van der Waals surface area contributed by atoms with E-state index in [2.05, 4.69) is 11.1 Å². The van der Waals surface area contributed by atoms with Crippen molar-refractivity contribution in [2.75, 3.05) is 26.6 Å². The minimum Gasteiger partial charge on any atom is -0.609 e. The van der Waals surface area contributed by atoms with E-state index in [4.69, 9.17) is 19.5 Å². The van der Waals surface area contributed by atoms with Gasteiger partial charge in [-0.2, -0.15) is 10.2 Å². The molecule has 0 fully saturated rings. The Hall–Kier alpha value is -4.00. The Bertz CT molecular complexity index is 1430. The molecular weight excluding hydrogens is 505 g/mol. The summed E-state index contributed by atoms with van der Waals surface area (Å²) in [5.41, 5.74) is 2.28. The summed E-state index contributed by atoms with van der Waals surface area (Å²) < 4.78 is 45.7. The van der Waals surface area contributed by atoms with Crippen LogP contribution in [0.3, 0.4) is 0 Å². The predicted molar refractivity (Wildman–Crippen MR) is 143 cm³/mol. The molecule has 1 aromatic heterocycles. The van der Waals surface area contributed by atoms with E-state index >= 15 is 0 Å². The van der Waals surface area contributed by atoms with Crippen LogP contribution in [-0.4, -0.2) is 40.7 Å². The van der Waals surface area contributed by atoms with Gasteiger partial charge < -0.3 is 18.8 Å². The Morgan fingerprint density at radius 2 is 1.68 bits per heavy atom. The van der Waals surface area contributed by atoms with Gasteiger partial charge in [0.1, 0.15) is 23.9 Å². The van der Waals surface area contributed by atoms with Gasteiger partial charge in [-0.3, -0.25) is 4.57 Å². The van der Waals surface area contributed by atoms with E-state index < -0.39 is 16.6 Å². The topological polar surface area (TPSA) is 92.4 Å². The highest BCUT2D eigenvalue weighted by molar-refractivity contribution is 7.91. The van der Waals surface area contributed by atoms with Crippen LogP contribution in [0.2, 0.25) is 0 Å². The van der Waals surface area contributed by atoms with Gasteiger partial charge in [0.2, 0.25) is 0 Å². The van der Waals surface area contributed by atoms with Crippen LogP contribution in [-0.2, 0) is 16.6 Å². The van der Waals surface area contributed by atoms with Crippen LogP contribution in [0.25, 0.3) is 5.69 Å². The third kappa shape index (κ3) is 5.62. The maximum absolute atomic E-state index is 13.8. The number of benzene rings is 3. The molecule has 0 radical (unpaired) electrons. The Morgan fingerprint density at radius 1 is 1.00 bits per heavy atom. The maximum Gasteiger partial charge on any atom is 0.328 e. The maximum atomic E-state index is 13.8. The lowest BCUT2D eigenvalue weighted by Crippen LogP contribution is -2.25. The molecule has 1 atom stereocenters. The Kier molecular flexibility index (Phi) is 8.25. The Balaban J connectivity index is 1.67. The highest BCUT2D eigenvalue weighted by Crippen LogP contribution is 2.39. The molecule has 0 saturated carbocycles. The Labute approximate surface area is 224 Å². The minimum absolute atomic E-state index is 0.184. The van der Waals surface area contributed by atoms with Crippen molar-refractivity contribution in [3.8, 4) is 29.0 Å². The summed E-state index contributed by atoms with van der Waals surface area (Å²) in [4.78, 5) is 4.55. The van der Waals surface area contributed by atoms with Gasteiger partial charge >= 0.3 is 5.16 Å². The first kappa shape index (κ1) is 27.0. The second-order valence-electron chi connectivity index (χ2n) is 8.97. The third-order valence-electron chi connectivity index (χ3n) is 6.28. The van der Waals surface area contributed by atoms with Gasteiger partial charge in [-0.1, -0.05) is 19.9 Å². The number of nitrogens with zero attached hydrogens (tertiary/aromatic N) is 3. The molecule has 3 aromatic carbocycles. The summed E-state index contributed by atoms with van der Waals surface area (Å²) >= 11 is -1.53. The number of rotatable bonds is 10. The van der Waals surface area contributed by atoms with Crippen LogP contribution in [0.5, 0.6) is 17.2 Å². The SMILES string of the molecule is COc1ccc(C(C)(C)c2cnc([S+]([O-])CCOc3ccc(C#N)cc3)n2-c2ccc(F)cc2)cc1OC. The fourth-order valence-electron chi connectivity index (χ4n) is 4.10. The van der Waals surface area contributed by atoms with Crippen molar-refractivity contribution in [1.29, 1.82) is 5.26 Å². The molecule has 0 saturated heterocycles. The number of halogens is 1. The van der Waals surface area contributed by atoms with Crippen molar-refractivity contribution in [2.24, 2.45) is 0 Å². The zero-order valence-electron chi connectivity index (χ0n) is 21.6. The van der Waals surface area contributed by atoms with Gasteiger partial charge in [0, 0.05) is 16.6 Å². The summed E-state index contributed by atoms with van der Waals surface area (Å²) in [5.74, 6) is 1.61. The Morgan fingerprint density at radius 3 is 2.32 bits per heavy atom. The molecule has 0 bridgehead atoms.